The monoisotopic (exact) mass is 266 g/mol. The molecule has 1 rings (SSSR count). The molecule has 0 aromatic heterocycles. The lowest BCUT2D eigenvalue weighted by molar-refractivity contribution is 0.349. The molecular formula is C18H34O. The minimum Gasteiger partial charge on any atom is -0.370 e. The molecule has 2 atom stereocenters. The van der Waals surface area contributed by atoms with E-state index in [0.29, 0.717) is 12.2 Å². The molecule has 0 bridgehead atoms. The molecule has 1 heteroatoms. The molecular weight excluding hydrogens is 232 g/mol. The van der Waals surface area contributed by atoms with Gasteiger partial charge in [-0.2, -0.15) is 0 Å². The van der Waals surface area contributed by atoms with Crippen molar-refractivity contribution in [3.63, 3.8) is 0 Å². The first-order chi connectivity index (χ1) is 9.38. The molecule has 1 aliphatic heterocycles. The normalized spacial score (nSPS) is 21.5. The molecule has 2 unspecified atom stereocenters. The van der Waals surface area contributed by atoms with Crippen LogP contribution >= 0.6 is 0 Å². The Morgan fingerprint density at radius 2 is 1.32 bits per heavy atom. The molecule has 0 radical (unpaired) electrons. The molecule has 0 N–H and O–H groups in total. The minimum atomic E-state index is 0.592. The summed E-state index contributed by atoms with van der Waals surface area (Å²) >= 11 is 0. The van der Waals surface area contributed by atoms with Gasteiger partial charge in [0.1, 0.15) is 0 Å². The van der Waals surface area contributed by atoms with E-state index in [1.165, 1.54) is 77.0 Å². The van der Waals surface area contributed by atoms with Gasteiger partial charge in [0.05, 0.1) is 12.2 Å². The highest BCUT2D eigenvalue weighted by atomic mass is 16.6. The van der Waals surface area contributed by atoms with Crippen molar-refractivity contribution in [2.75, 3.05) is 0 Å². The average Bonchev–Trinajstić information content (AvgIpc) is 3.16. The van der Waals surface area contributed by atoms with E-state index in [0.717, 1.165) is 6.42 Å². The number of hydrogen-bond donors (Lipinski definition) is 0. The van der Waals surface area contributed by atoms with Crippen molar-refractivity contribution in [2.45, 2.75) is 103 Å². The molecule has 0 amide bonds. The Kier molecular flexibility index (Phi) is 10.2. The predicted molar refractivity (Wildman–Crippen MR) is 84.6 cm³/mol. The molecule has 1 nitrogen and oxygen atoms in total. The molecule has 0 saturated carbocycles. The topological polar surface area (TPSA) is 12.5 Å². The van der Waals surface area contributed by atoms with Crippen molar-refractivity contribution in [1.82, 2.24) is 0 Å². The summed E-state index contributed by atoms with van der Waals surface area (Å²) in [7, 11) is 0. The zero-order valence-electron chi connectivity index (χ0n) is 13.0. The van der Waals surface area contributed by atoms with E-state index in [2.05, 4.69) is 13.5 Å². The van der Waals surface area contributed by atoms with Crippen LogP contribution in [0.1, 0.15) is 90.4 Å². The second kappa shape index (κ2) is 11.5. The predicted octanol–water partition coefficient (Wildman–Crippen LogP) is 6.03. The maximum atomic E-state index is 5.70. The Balaban J connectivity index is 1.74. The van der Waals surface area contributed by atoms with Gasteiger partial charge in [-0.15, -0.1) is 6.58 Å². The summed E-state index contributed by atoms with van der Waals surface area (Å²) in [6.45, 7) is 6.04. The van der Waals surface area contributed by atoms with Crippen molar-refractivity contribution in [3.8, 4) is 0 Å². The quantitative estimate of drug-likeness (QED) is 0.212. The lowest BCUT2D eigenvalue weighted by atomic mass is 10.0. The number of hydrogen-bond acceptors (Lipinski definition) is 1. The fourth-order valence-electron chi connectivity index (χ4n) is 2.81. The van der Waals surface area contributed by atoms with E-state index in [-0.39, 0.29) is 0 Å². The molecule has 112 valence electrons. The molecule has 0 aliphatic carbocycles. The Labute approximate surface area is 120 Å². The van der Waals surface area contributed by atoms with E-state index in [9.17, 15) is 0 Å². The number of ether oxygens (including phenoxy) is 1. The summed E-state index contributed by atoms with van der Waals surface area (Å²) in [6, 6.07) is 0. The summed E-state index contributed by atoms with van der Waals surface area (Å²) < 4.78 is 5.70. The lowest BCUT2D eigenvalue weighted by Gasteiger charge is -2.01. The fourth-order valence-corrected chi connectivity index (χ4v) is 2.81. The fraction of sp³-hybridized carbons (Fsp3) is 0.889. The first kappa shape index (κ1) is 16.8. The van der Waals surface area contributed by atoms with Crippen molar-refractivity contribution < 1.29 is 4.74 Å². The van der Waals surface area contributed by atoms with Crippen molar-refractivity contribution in [1.29, 1.82) is 0 Å². The largest absolute Gasteiger partial charge is 0.370 e. The van der Waals surface area contributed by atoms with Crippen LogP contribution in [0.3, 0.4) is 0 Å². The van der Waals surface area contributed by atoms with Gasteiger partial charge in [0, 0.05) is 0 Å². The molecule has 19 heavy (non-hydrogen) atoms. The van der Waals surface area contributed by atoms with Crippen LogP contribution in [0.2, 0.25) is 0 Å². The zero-order chi connectivity index (χ0) is 13.8. The molecule has 1 fully saturated rings. The van der Waals surface area contributed by atoms with Gasteiger partial charge in [-0.1, -0.05) is 70.8 Å². The van der Waals surface area contributed by atoms with Gasteiger partial charge in [0.2, 0.25) is 0 Å². The molecule has 1 saturated heterocycles. The second-order valence-electron chi connectivity index (χ2n) is 6.05. The van der Waals surface area contributed by atoms with Crippen molar-refractivity contribution in [3.05, 3.63) is 12.7 Å². The summed E-state index contributed by atoms with van der Waals surface area (Å²) in [5, 5.41) is 0. The van der Waals surface area contributed by atoms with E-state index < -0.39 is 0 Å². The third kappa shape index (κ3) is 9.27. The van der Waals surface area contributed by atoms with E-state index >= 15 is 0 Å². The number of allylic oxidation sites excluding steroid dienone is 1. The standard InChI is InChI=1S/C18H34O/c1-3-5-7-8-9-10-11-12-14-16-18-17(19-18)15-13-6-4-2/h4,17-18H,2-3,5-16H2,1H3. The Bertz CT molecular complexity index is 212. The van der Waals surface area contributed by atoms with E-state index in [1.54, 1.807) is 0 Å². The first-order valence-corrected chi connectivity index (χ1v) is 8.64. The SMILES string of the molecule is C=CCCCC1OC1CCCCCCCCCCC. The van der Waals surface area contributed by atoms with E-state index in [4.69, 9.17) is 4.74 Å². The van der Waals surface area contributed by atoms with Gasteiger partial charge in [-0.25, -0.2) is 0 Å². The van der Waals surface area contributed by atoms with Crippen LogP contribution in [0.25, 0.3) is 0 Å². The zero-order valence-corrected chi connectivity index (χ0v) is 13.0. The highest BCUT2D eigenvalue weighted by Gasteiger charge is 2.36. The van der Waals surface area contributed by atoms with Gasteiger partial charge in [0.25, 0.3) is 0 Å². The van der Waals surface area contributed by atoms with Gasteiger partial charge in [-0.05, 0) is 25.7 Å². The minimum absolute atomic E-state index is 0.592. The van der Waals surface area contributed by atoms with Crippen LogP contribution < -0.4 is 0 Å². The smallest absolute Gasteiger partial charge is 0.0842 e. The van der Waals surface area contributed by atoms with Crippen LogP contribution in [0.5, 0.6) is 0 Å². The third-order valence-corrected chi connectivity index (χ3v) is 4.18. The number of rotatable bonds is 14. The number of epoxide rings is 1. The Morgan fingerprint density at radius 1 is 0.789 bits per heavy atom. The molecule has 0 aromatic rings. The van der Waals surface area contributed by atoms with Crippen LogP contribution in [0, 0.1) is 0 Å². The maximum absolute atomic E-state index is 5.70. The van der Waals surface area contributed by atoms with E-state index in [1.807, 2.05) is 6.08 Å². The van der Waals surface area contributed by atoms with Crippen LogP contribution in [0.4, 0.5) is 0 Å². The maximum Gasteiger partial charge on any atom is 0.0842 e. The van der Waals surface area contributed by atoms with Crippen LogP contribution in [0.15, 0.2) is 12.7 Å². The molecule has 1 aliphatic rings. The first-order valence-electron chi connectivity index (χ1n) is 8.64. The Morgan fingerprint density at radius 3 is 1.89 bits per heavy atom. The van der Waals surface area contributed by atoms with Gasteiger partial charge < -0.3 is 4.74 Å². The highest BCUT2D eigenvalue weighted by molar-refractivity contribution is 4.85. The summed E-state index contributed by atoms with van der Waals surface area (Å²) in [6.07, 6.45) is 20.9. The van der Waals surface area contributed by atoms with Crippen LogP contribution in [-0.2, 0) is 4.74 Å². The molecule has 0 spiro atoms. The Hall–Kier alpha value is -0.300. The van der Waals surface area contributed by atoms with Gasteiger partial charge in [0.15, 0.2) is 0 Å². The van der Waals surface area contributed by atoms with Crippen molar-refractivity contribution >= 4 is 0 Å². The third-order valence-electron chi connectivity index (χ3n) is 4.18. The summed E-state index contributed by atoms with van der Waals surface area (Å²) in [4.78, 5) is 0. The average molecular weight is 266 g/mol. The van der Waals surface area contributed by atoms with Gasteiger partial charge in [-0.3, -0.25) is 0 Å². The highest BCUT2D eigenvalue weighted by Crippen LogP contribution is 2.31. The molecule has 1 heterocycles. The van der Waals surface area contributed by atoms with Gasteiger partial charge >= 0.3 is 0 Å². The number of unbranched alkanes of at least 4 members (excludes halogenated alkanes) is 9. The second-order valence-corrected chi connectivity index (χ2v) is 6.05. The molecule has 0 aromatic carbocycles. The summed E-state index contributed by atoms with van der Waals surface area (Å²) in [5.74, 6) is 0. The van der Waals surface area contributed by atoms with Crippen molar-refractivity contribution in [2.24, 2.45) is 0 Å². The lowest BCUT2D eigenvalue weighted by Crippen LogP contribution is -1.94. The van der Waals surface area contributed by atoms with Crippen LogP contribution in [-0.4, -0.2) is 12.2 Å². The summed E-state index contributed by atoms with van der Waals surface area (Å²) in [5.41, 5.74) is 0.